The van der Waals surface area contributed by atoms with Crippen molar-refractivity contribution < 1.29 is 33.0 Å². The Morgan fingerprint density at radius 3 is 2.46 bits per heavy atom. The van der Waals surface area contributed by atoms with Gasteiger partial charge in [0.05, 0.1) is 12.7 Å². The van der Waals surface area contributed by atoms with Crippen LogP contribution in [-0.4, -0.2) is 37.1 Å². The average molecular weight is 502 g/mol. The summed E-state index contributed by atoms with van der Waals surface area (Å²) in [5, 5.41) is 0. The van der Waals surface area contributed by atoms with Crippen molar-refractivity contribution in [3.8, 4) is 28.7 Å². The number of benzene rings is 3. The van der Waals surface area contributed by atoms with Gasteiger partial charge in [0, 0.05) is 24.1 Å². The first-order valence-corrected chi connectivity index (χ1v) is 11.7. The average Bonchev–Trinajstić information content (AvgIpc) is 3.30. The van der Waals surface area contributed by atoms with E-state index < -0.39 is 5.97 Å². The maximum atomic E-state index is 13.4. The van der Waals surface area contributed by atoms with Crippen LogP contribution in [-0.2, 0) is 16.1 Å². The van der Waals surface area contributed by atoms with E-state index in [1.807, 2.05) is 37.3 Å². The fourth-order valence-electron chi connectivity index (χ4n) is 3.57. The first kappa shape index (κ1) is 25.5. The largest absolute Gasteiger partial charge is 0.497 e. The molecule has 0 radical (unpaired) electrons. The second-order valence-corrected chi connectivity index (χ2v) is 8.08. The maximum absolute atomic E-state index is 13.4. The number of carbonyl (C=O) groups excluding carboxylic acids is 2. The zero-order chi connectivity index (χ0) is 26.2. The predicted octanol–water partition coefficient (Wildman–Crippen LogP) is 5.41. The molecule has 190 valence electrons. The lowest BCUT2D eigenvalue weighted by molar-refractivity contribution is -0.141. The SMILES string of the molecule is COc1ccc(C(=O)c2cccc(OCc3nc(-c4ccccc4)oc3C)c2)c(OCCOC(C)=O)c1. The molecule has 0 atom stereocenters. The fraction of sp³-hybridized carbons (Fsp3) is 0.207. The fourth-order valence-corrected chi connectivity index (χ4v) is 3.57. The number of aryl methyl sites for hydroxylation is 1. The molecule has 37 heavy (non-hydrogen) atoms. The molecule has 8 heteroatoms. The van der Waals surface area contributed by atoms with Crippen molar-refractivity contribution in [3.63, 3.8) is 0 Å². The van der Waals surface area contributed by atoms with Crippen LogP contribution in [0, 0.1) is 6.92 Å². The quantitative estimate of drug-likeness (QED) is 0.153. The first-order chi connectivity index (χ1) is 17.9. The van der Waals surface area contributed by atoms with Crippen molar-refractivity contribution in [2.45, 2.75) is 20.5 Å². The second kappa shape index (κ2) is 11.9. The lowest BCUT2D eigenvalue weighted by Crippen LogP contribution is -2.12. The molecule has 0 aliphatic carbocycles. The van der Waals surface area contributed by atoms with Gasteiger partial charge < -0.3 is 23.4 Å². The molecule has 0 saturated heterocycles. The summed E-state index contributed by atoms with van der Waals surface area (Å²) in [4.78, 5) is 28.9. The zero-order valence-corrected chi connectivity index (χ0v) is 20.9. The Kier molecular flexibility index (Phi) is 8.20. The summed E-state index contributed by atoms with van der Waals surface area (Å²) in [5.41, 5.74) is 2.33. The molecular formula is C29H27NO7. The van der Waals surface area contributed by atoms with E-state index in [4.69, 9.17) is 23.4 Å². The van der Waals surface area contributed by atoms with Crippen molar-refractivity contribution in [2.24, 2.45) is 0 Å². The number of nitrogens with zero attached hydrogens (tertiary/aromatic N) is 1. The molecular weight excluding hydrogens is 474 g/mol. The van der Waals surface area contributed by atoms with Crippen molar-refractivity contribution in [2.75, 3.05) is 20.3 Å². The highest BCUT2D eigenvalue weighted by atomic mass is 16.6. The third-order valence-corrected chi connectivity index (χ3v) is 5.46. The highest BCUT2D eigenvalue weighted by molar-refractivity contribution is 6.11. The second-order valence-electron chi connectivity index (χ2n) is 8.08. The summed E-state index contributed by atoms with van der Waals surface area (Å²) < 4.78 is 27.6. The van der Waals surface area contributed by atoms with Crippen molar-refractivity contribution in [1.29, 1.82) is 0 Å². The van der Waals surface area contributed by atoms with Crippen molar-refractivity contribution in [3.05, 3.63) is 95.4 Å². The van der Waals surface area contributed by atoms with Gasteiger partial charge in [-0.3, -0.25) is 9.59 Å². The topological polar surface area (TPSA) is 97.1 Å². The minimum atomic E-state index is -0.403. The van der Waals surface area contributed by atoms with Crippen LogP contribution in [0.4, 0.5) is 0 Å². The van der Waals surface area contributed by atoms with Gasteiger partial charge in [-0.25, -0.2) is 4.98 Å². The van der Waals surface area contributed by atoms with Gasteiger partial charge in [-0.15, -0.1) is 0 Å². The van der Waals surface area contributed by atoms with Crippen molar-refractivity contribution >= 4 is 11.8 Å². The van der Waals surface area contributed by atoms with Gasteiger partial charge in [-0.1, -0.05) is 30.3 Å². The van der Waals surface area contributed by atoms with E-state index in [9.17, 15) is 9.59 Å². The maximum Gasteiger partial charge on any atom is 0.302 e. The van der Waals surface area contributed by atoms with E-state index in [1.165, 1.54) is 14.0 Å². The number of aromatic nitrogens is 1. The van der Waals surface area contributed by atoms with Crippen LogP contribution in [0.3, 0.4) is 0 Å². The number of ketones is 1. The molecule has 3 aromatic carbocycles. The zero-order valence-electron chi connectivity index (χ0n) is 20.9. The molecule has 8 nitrogen and oxygen atoms in total. The third kappa shape index (κ3) is 6.55. The third-order valence-electron chi connectivity index (χ3n) is 5.46. The Balaban J connectivity index is 1.48. The molecule has 0 aliphatic rings. The molecule has 0 fully saturated rings. The van der Waals surface area contributed by atoms with Crippen LogP contribution in [0.25, 0.3) is 11.5 Å². The van der Waals surface area contributed by atoms with E-state index in [1.54, 1.807) is 42.5 Å². The van der Waals surface area contributed by atoms with E-state index in [-0.39, 0.29) is 25.6 Å². The van der Waals surface area contributed by atoms with E-state index in [0.717, 1.165) is 5.56 Å². The molecule has 0 bridgehead atoms. The smallest absolute Gasteiger partial charge is 0.302 e. The van der Waals surface area contributed by atoms with E-state index in [2.05, 4.69) is 4.98 Å². The first-order valence-electron chi connectivity index (χ1n) is 11.7. The minimum Gasteiger partial charge on any atom is -0.497 e. The van der Waals surface area contributed by atoms with E-state index in [0.29, 0.717) is 45.7 Å². The summed E-state index contributed by atoms with van der Waals surface area (Å²) in [7, 11) is 1.53. The van der Waals surface area contributed by atoms with Crippen LogP contribution in [0.5, 0.6) is 17.2 Å². The van der Waals surface area contributed by atoms with Gasteiger partial charge >= 0.3 is 5.97 Å². The van der Waals surface area contributed by atoms with Crippen LogP contribution in [0.1, 0.15) is 34.3 Å². The predicted molar refractivity (Wildman–Crippen MR) is 136 cm³/mol. The lowest BCUT2D eigenvalue weighted by atomic mass is 10.0. The summed E-state index contributed by atoms with van der Waals surface area (Å²) in [6, 6.07) is 21.5. The van der Waals surface area contributed by atoms with Gasteiger partial charge in [-0.2, -0.15) is 0 Å². The highest BCUT2D eigenvalue weighted by Gasteiger charge is 2.18. The molecule has 1 heterocycles. The monoisotopic (exact) mass is 501 g/mol. The van der Waals surface area contributed by atoms with Crippen LogP contribution >= 0.6 is 0 Å². The minimum absolute atomic E-state index is 0.0664. The number of rotatable bonds is 11. The summed E-state index contributed by atoms with van der Waals surface area (Å²) in [6.07, 6.45) is 0. The molecule has 0 N–H and O–H groups in total. The Morgan fingerprint density at radius 1 is 0.892 bits per heavy atom. The Bertz CT molecular complexity index is 1380. The lowest BCUT2D eigenvalue weighted by Gasteiger charge is -2.13. The number of carbonyl (C=O) groups is 2. The molecule has 0 saturated carbocycles. The van der Waals surface area contributed by atoms with Gasteiger partial charge in [-0.05, 0) is 43.3 Å². The number of hydrogen-bond donors (Lipinski definition) is 0. The number of ether oxygens (including phenoxy) is 4. The highest BCUT2D eigenvalue weighted by Crippen LogP contribution is 2.28. The van der Waals surface area contributed by atoms with Crippen molar-refractivity contribution in [1.82, 2.24) is 4.98 Å². The Hall–Kier alpha value is -4.59. The number of methoxy groups -OCH3 is 1. The van der Waals surface area contributed by atoms with Crippen LogP contribution in [0.15, 0.2) is 77.2 Å². The molecule has 0 unspecified atom stereocenters. The normalized spacial score (nSPS) is 10.6. The van der Waals surface area contributed by atoms with E-state index >= 15 is 0 Å². The standard InChI is InChI=1S/C29H27NO7/c1-19-26(30-29(37-19)21-8-5-4-6-9-21)18-36-24-11-7-10-22(16-24)28(32)25-13-12-23(33-3)17-27(25)35-15-14-34-20(2)31/h4-13,16-17H,14-15,18H2,1-3H3. The molecule has 0 amide bonds. The van der Waals surface area contributed by atoms with Gasteiger partial charge in [0.15, 0.2) is 5.78 Å². The summed E-state index contributed by atoms with van der Waals surface area (Å²) in [6.45, 7) is 3.51. The van der Waals surface area contributed by atoms with Gasteiger partial charge in [0.1, 0.15) is 48.5 Å². The molecule has 4 rings (SSSR count). The molecule has 0 spiro atoms. The number of esters is 1. The Morgan fingerprint density at radius 2 is 1.70 bits per heavy atom. The molecule has 0 aliphatic heterocycles. The van der Waals surface area contributed by atoms with Gasteiger partial charge in [0.2, 0.25) is 5.89 Å². The van der Waals surface area contributed by atoms with Gasteiger partial charge in [0.25, 0.3) is 0 Å². The number of oxazole rings is 1. The Labute approximate surface area is 214 Å². The van der Waals surface area contributed by atoms with Crippen LogP contribution in [0.2, 0.25) is 0 Å². The van der Waals surface area contributed by atoms with Crippen LogP contribution < -0.4 is 14.2 Å². The molecule has 1 aromatic heterocycles. The summed E-state index contributed by atoms with van der Waals surface area (Å²) in [5.74, 6) is 1.92. The summed E-state index contributed by atoms with van der Waals surface area (Å²) >= 11 is 0. The number of hydrogen-bond acceptors (Lipinski definition) is 8. The molecule has 4 aromatic rings.